The first kappa shape index (κ1) is 23.1. The maximum Gasteiger partial charge on any atom is 0.270 e. The van der Waals surface area contributed by atoms with Crippen LogP contribution in [0.5, 0.6) is 5.75 Å². The quantitative estimate of drug-likeness (QED) is 0.400. The molecule has 4 aromatic rings. The van der Waals surface area contributed by atoms with Crippen LogP contribution in [0.2, 0.25) is 0 Å². The van der Waals surface area contributed by atoms with Crippen molar-refractivity contribution in [2.45, 2.75) is 19.5 Å². The zero-order valence-electron chi connectivity index (χ0n) is 19.6. The zero-order valence-corrected chi connectivity index (χ0v) is 20.4. The number of hydrogen-bond donors (Lipinski definition) is 0. The van der Waals surface area contributed by atoms with Gasteiger partial charge in [-0.15, -0.1) is 11.3 Å². The molecule has 2 amide bonds. The minimum absolute atomic E-state index is 0.0518. The molecular formula is C27H26FN3O3S. The molecule has 0 spiro atoms. The molecule has 1 saturated heterocycles. The lowest BCUT2D eigenvalue weighted by molar-refractivity contribution is 0.0409. The highest BCUT2D eigenvalue weighted by atomic mass is 32.1. The molecule has 0 N–H and O–H groups in total. The Balaban J connectivity index is 1.37. The van der Waals surface area contributed by atoms with E-state index < -0.39 is 0 Å². The number of hydrogen-bond acceptors (Lipinski definition) is 4. The Bertz CT molecular complexity index is 1380. The molecule has 0 radical (unpaired) electrons. The number of methoxy groups -OCH3 is 1. The molecule has 5 rings (SSSR count). The number of benzene rings is 2. The summed E-state index contributed by atoms with van der Waals surface area (Å²) in [7, 11) is 1.65. The molecular weight excluding hydrogens is 465 g/mol. The van der Waals surface area contributed by atoms with Crippen molar-refractivity contribution in [3.8, 4) is 5.75 Å². The van der Waals surface area contributed by atoms with Gasteiger partial charge in [0.15, 0.2) is 0 Å². The van der Waals surface area contributed by atoms with Crippen molar-refractivity contribution in [3.05, 3.63) is 88.7 Å². The van der Waals surface area contributed by atoms with E-state index in [1.807, 2.05) is 53.6 Å². The van der Waals surface area contributed by atoms with Gasteiger partial charge in [0.1, 0.15) is 22.1 Å². The maximum absolute atomic E-state index is 13.7. The first-order valence-electron chi connectivity index (χ1n) is 11.5. The molecule has 1 aliphatic heterocycles. The van der Waals surface area contributed by atoms with E-state index >= 15 is 0 Å². The van der Waals surface area contributed by atoms with E-state index in [9.17, 15) is 14.0 Å². The van der Waals surface area contributed by atoms with E-state index in [2.05, 4.69) is 4.57 Å². The smallest absolute Gasteiger partial charge is 0.270 e. The summed E-state index contributed by atoms with van der Waals surface area (Å²) in [6, 6.07) is 17.2. The van der Waals surface area contributed by atoms with Crippen molar-refractivity contribution in [2.24, 2.45) is 0 Å². The van der Waals surface area contributed by atoms with Crippen LogP contribution in [0, 0.1) is 5.82 Å². The second kappa shape index (κ2) is 9.54. The molecule has 2 aromatic carbocycles. The van der Waals surface area contributed by atoms with E-state index in [0.29, 0.717) is 37.4 Å². The van der Waals surface area contributed by atoms with Crippen molar-refractivity contribution in [1.29, 1.82) is 0 Å². The van der Waals surface area contributed by atoms with E-state index in [1.54, 1.807) is 23.3 Å². The summed E-state index contributed by atoms with van der Waals surface area (Å²) in [6.45, 7) is 3.74. The lowest BCUT2D eigenvalue weighted by Crippen LogP contribution is -2.55. The van der Waals surface area contributed by atoms with Crippen LogP contribution in [-0.4, -0.2) is 59.0 Å². The highest BCUT2D eigenvalue weighted by Crippen LogP contribution is 2.29. The van der Waals surface area contributed by atoms with Crippen molar-refractivity contribution >= 4 is 33.4 Å². The minimum atomic E-state index is -0.374. The standard InChI is InChI=1S/C27H26FN3O3S/c1-18-16-29(12-13-30(18)25(32)19-7-9-22(28)10-8-19)26(33)23-15-20-11-14-35-27(20)31(23)17-21-5-3-4-6-24(21)34-2/h3-11,14-15,18H,12-13,16-17H2,1-2H3/t18-/m0/s1. The normalized spacial score (nSPS) is 16.0. The number of halogens is 1. The fraction of sp³-hybridized carbons (Fsp3) is 0.259. The van der Waals surface area contributed by atoms with Crippen LogP contribution in [0.4, 0.5) is 4.39 Å². The first-order valence-corrected chi connectivity index (χ1v) is 12.4. The van der Waals surface area contributed by atoms with Crippen LogP contribution in [0.25, 0.3) is 10.2 Å². The van der Waals surface area contributed by atoms with E-state index in [-0.39, 0.29) is 23.7 Å². The van der Waals surface area contributed by atoms with Gasteiger partial charge < -0.3 is 19.1 Å². The molecule has 0 bridgehead atoms. The largest absolute Gasteiger partial charge is 0.496 e. The Kier molecular flexibility index (Phi) is 6.30. The van der Waals surface area contributed by atoms with Gasteiger partial charge in [-0.3, -0.25) is 9.59 Å². The third-order valence-corrected chi connectivity index (χ3v) is 7.46. The van der Waals surface area contributed by atoms with Crippen molar-refractivity contribution in [1.82, 2.24) is 14.4 Å². The van der Waals surface area contributed by atoms with Gasteiger partial charge in [0.25, 0.3) is 11.8 Å². The maximum atomic E-state index is 13.7. The number of ether oxygens (including phenoxy) is 1. The Hall–Kier alpha value is -3.65. The van der Waals surface area contributed by atoms with Crippen LogP contribution < -0.4 is 4.74 Å². The third-order valence-electron chi connectivity index (χ3n) is 6.51. The number of nitrogens with zero attached hydrogens (tertiary/aromatic N) is 3. The van der Waals surface area contributed by atoms with Crippen LogP contribution in [-0.2, 0) is 6.54 Å². The second-order valence-corrected chi connectivity index (χ2v) is 9.61. The van der Waals surface area contributed by atoms with Gasteiger partial charge in [0, 0.05) is 42.2 Å². The fourth-order valence-corrected chi connectivity index (χ4v) is 5.57. The van der Waals surface area contributed by atoms with Crippen LogP contribution in [0.1, 0.15) is 33.3 Å². The number of para-hydroxylation sites is 1. The topological polar surface area (TPSA) is 54.8 Å². The zero-order chi connectivity index (χ0) is 24.5. The second-order valence-electron chi connectivity index (χ2n) is 8.71. The number of aromatic nitrogens is 1. The predicted octanol–water partition coefficient (Wildman–Crippen LogP) is 4.89. The predicted molar refractivity (Wildman–Crippen MR) is 135 cm³/mol. The molecule has 180 valence electrons. The van der Waals surface area contributed by atoms with Gasteiger partial charge in [-0.1, -0.05) is 18.2 Å². The average molecular weight is 492 g/mol. The van der Waals surface area contributed by atoms with Gasteiger partial charge in [-0.25, -0.2) is 4.39 Å². The average Bonchev–Trinajstić information content (AvgIpc) is 3.46. The van der Waals surface area contributed by atoms with Gasteiger partial charge in [0.2, 0.25) is 0 Å². The molecule has 1 atom stereocenters. The van der Waals surface area contributed by atoms with Crippen molar-refractivity contribution in [2.75, 3.05) is 26.7 Å². The van der Waals surface area contributed by atoms with Crippen molar-refractivity contribution in [3.63, 3.8) is 0 Å². The summed E-state index contributed by atoms with van der Waals surface area (Å²) in [5.74, 6) is 0.209. The number of amides is 2. The SMILES string of the molecule is COc1ccccc1Cn1c(C(=O)N2CCN(C(=O)c3ccc(F)cc3)[C@@H](C)C2)cc2ccsc21. The van der Waals surface area contributed by atoms with Crippen LogP contribution >= 0.6 is 11.3 Å². The molecule has 0 unspecified atom stereocenters. The highest BCUT2D eigenvalue weighted by molar-refractivity contribution is 7.16. The number of fused-ring (bicyclic) bond motifs is 1. The summed E-state index contributed by atoms with van der Waals surface area (Å²) < 4.78 is 20.8. The van der Waals surface area contributed by atoms with Crippen LogP contribution in [0.3, 0.4) is 0 Å². The lowest BCUT2D eigenvalue weighted by atomic mass is 10.1. The monoisotopic (exact) mass is 491 g/mol. The molecule has 8 heteroatoms. The summed E-state index contributed by atoms with van der Waals surface area (Å²) in [6.07, 6.45) is 0. The molecule has 0 aliphatic carbocycles. The Morgan fingerprint density at radius 1 is 1.06 bits per heavy atom. The molecule has 0 saturated carbocycles. The van der Waals surface area contributed by atoms with Crippen LogP contribution in [0.15, 0.2) is 66.0 Å². The van der Waals surface area contributed by atoms with E-state index in [0.717, 1.165) is 21.5 Å². The van der Waals surface area contributed by atoms with E-state index in [4.69, 9.17) is 4.74 Å². The number of rotatable bonds is 5. The number of carbonyl (C=O) groups excluding carboxylic acids is 2. The molecule has 2 aromatic heterocycles. The van der Waals surface area contributed by atoms with Gasteiger partial charge in [-0.2, -0.15) is 0 Å². The van der Waals surface area contributed by atoms with Gasteiger partial charge >= 0.3 is 0 Å². The summed E-state index contributed by atoms with van der Waals surface area (Å²) in [4.78, 5) is 31.3. The molecule has 35 heavy (non-hydrogen) atoms. The lowest BCUT2D eigenvalue weighted by Gasteiger charge is -2.40. The molecule has 3 heterocycles. The Labute approximate surface area is 207 Å². The summed E-state index contributed by atoms with van der Waals surface area (Å²) in [5, 5.41) is 3.06. The summed E-state index contributed by atoms with van der Waals surface area (Å²) >= 11 is 1.61. The number of carbonyl (C=O) groups is 2. The highest BCUT2D eigenvalue weighted by Gasteiger charge is 2.32. The molecule has 1 fully saturated rings. The minimum Gasteiger partial charge on any atom is -0.496 e. The molecule has 1 aliphatic rings. The number of thiophene rings is 1. The molecule has 6 nitrogen and oxygen atoms in total. The van der Waals surface area contributed by atoms with Gasteiger partial charge in [0.05, 0.1) is 13.7 Å². The Morgan fingerprint density at radius 2 is 1.83 bits per heavy atom. The fourth-order valence-electron chi connectivity index (χ4n) is 4.68. The third kappa shape index (κ3) is 4.41. The first-order chi connectivity index (χ1) is 17.0. The van der Waals surface area contributed by atoms with Crippen molar-refractivity contribution < 1.29 is 18.7 Å². The summed E-state index contributed by atoms with van der Waals surface area (Å²) in [5.41, 5.74) is 2.07. The van der Waals surface area contributed by atoms with E-state index in [1.165, 1.54) is 24.3 Å². The Morgan fingerprint density at radius 3 is 2.57 bits per heavy atom. The van der Waals surface area contributed by atoms with Gasteiger partial charge in [-0.05, 0) is 54.8 Å². The number of piperazine rings is 1.